The van der Waals surface area contributed by atoms with Crippen LogP contribution in [0.3, 0.4) is 0 Å². The molecule has 1 amide bonds. The zero-order chi connectivity index (χ0) is 28.0. The van der Waals surface area contributed by atoms with Gasteiger partial charge >= 0.3 is 18.0 Å². The van der Waals surface area contributed by atoms with E-state index in [9.17, 15) is 35.9 Å². The number of H-pyrrole nitrogens is 1. The predicted molar refractivity (Wildman–Crippen MR) is 113 cm³/mol. The van der Waals surface area contributed by atoms with Gasteiger partial charge in [-0.25, -0.2) is 9.18 Å². The SMILES string of the molecule is Cc1[nH]nc(C(F)(F)F)c1NC(=O)c1cc(F)c(-n2nc(C(C)C)n(C)c2=O)nc1O[C@@H](C)C(F)(F)F. The lowest BCUT2D eigenvalue weighted by Gasteiger charge is -2.19. The summed E-state index contributed by atoms with van der Waals surface area (Å²) < 4.78 is 101. The third kappa shape index (κ3) is 5.43. The number of aryl methyl sites for hydroxylation is 1. The Bertz CT molecular complexity index is 1390. The molecule has 3 aromatic rings. The van der Waals surface area contributed by atoms with Gasteiger partial charge in [0, 0.05) is 13.0 Å². The van der Waals surface area contributed by atoms with E-state index in [1.165, 1.54) is 7.05 Å². The molecule has 3 rings (SSSR count). The predicted octanol–water partition coefficient (Wildman–Crippen LogP) is 3.86. The van der Waals surface area contributed by atoms with Crippen LogP contribution in [0.5, 0.6) is 5.88 Å². The van der Waals surface area contributed by atoms with Crippen LogP contribution in [0.4, 0.5) is 36.4 Å². The third-order valence-corrected chi connectivity index (χ3v) is 5.10. The number of halogens is 7. The van der Waals surface area contributed by atoms with Crippen LogP contribution in [0.25, 0.3) is 5.82 Å². The molecule has 17 heteroatoms. The van der Waals surface area contributed by atoms with Crippen LogP contribution in [0.15, 0.2) is 10.9 Å². The van der Waals surface area contributed by atoms with Crippen LogP contribution in [0.2, 0.25) is 0 Å². The maximum absolute atomic E-state index is 15.1. The molecular weight excluding hydrogens is 519 g/mol. The van der Waals surface area contributed by atoms with Crippen molar-refractivity contribution in [3.63, 3.8) is 0 Å². The fourth-order valence-corrected chi connectivity index (χ4v) is 3.16. The van der Waals surface area contributed by atoms with Gasteiger partial charge in [-0.3, -0.25) is 14.5 Å². The largest absolute Gasteiger partial charge is 0.464 e. The van der Waals surface area contributed by atoms with Crippen LogP contribution in [0.1, 0.15) is 54.3 Å². The Morgan fingerprint density at radius 1 is 1.16 bits per heavy atom. The molecule has 1 atom stereocenters. The second kappa shape index (κ2) is 9.51. The number of anilines is 1. The Hall–Kier alpha value is -3.92. The number of alkyl halides is 6. The summed E-state index contributed by atoms with van der Waals surface area (Å²) in [6.07, 6.45) is -12.5. The maximum atomic E-state index is 15.1. The maximum Gasteiger partial charge on any atom is 0.437 e. The van der Waals surface area contributed by atoms with Crippen molar-refractivity contribution in [2.24, 2.45) is 7.05 Å². The van der Waals surface area contributed by atoms with Crippen molar-refractivity contribution in [3.05, 3.63) is 45.1 Å². The average molecular weight is 539 g/mol. The van der Waals surface area contributed by atoms with E-state index >= 15 is 4.39 Å². The lowest BCUT2D eigenvalue weighted by Crippen LogP contribution is -2.33. The number of carbonyl (C=O) groups excluding carboxylic acids is 1. The molecule has 0 spiro atoms. The number of hydrogen-bond acceptors (Lipinski definition) is 6. The Balaban J connectivity index is 2.16. The summed E-state index contributed by atoms with van der Waals surface area (Å²) in [6, 6.07) is 0.384. The van der Waals surface area contributed by atoms with E-state index in [2.05, 4.69) is 15.2 Å². The number of aromatic nitrogens is 6. The minimum absolute atomic E-state index is 0.189. The molecule has 10 nitrogen and oxygen atoms in total. The first-order valence-corrected chi connectivity index (χ1v) is 10.5. The van der Waals surface area contributed by atoms with Crippen molar-refractivity contribution >= 4 is 11.6 Å². The van der Waals surface area contributed by atoms with Gasteiger partial charge in [-0.05, 0) is 19.9 Å². The van der Waals surface area contributed by atoms with Crippen molar-refractivity contribution in [1.82, 2.24) is 29.5 Å². The van der Waals surface area contributed by atoms with Gasteiger partial charge in [0.1, 0.15) is 11.4 Å². The van der Waals surface area contributed by atoms with Crippen molar-refractivity contribution in [3.8, 4) is 11.7 Å². The highest BCUT2D eigenvalue weighted by Crippen LogP contribution is 2.35. The van der Waals surface area contributed by atoms with E-state index in [0.717, 1.165) is 11.5 Å². The molecule has 202 valence electrons. The first-order valence-electron chi connectivity index (χ1n) is 10.5. The molecule has 3 heterocycles. The van der Waals surface area contributed by atoms with E-state index < -0.39 is 64.5 Å². The molecule has 0 fully saturated rings. The minimum Gasteiger partial charge on any atom is -0.464 e. The molecule has 0 aliphatic heterocycles. The molecule has 0 aromatic carbocycles. The van der Waals surface area contributed by atoms with Crippen LogP contribution < -0.4 is 15.7 Å². The van der Waals surface area contributed by atoms with Crippen molar-refractivity contribution in [1.29, 1.82) is 0 Å². The first kappa shape index (κ1) is 27.7. The molecular formula is C20H20F7N7O3. The summed E-state index contributed by atoms with van der Waals surface area (Å²) in [5.41, 5.74) is -4.46. The summed E-state index contributed by atoms with van der Waals surface area (Å²) in [6.45, 7) is 5.06. The fourth-order valence-electron chi connectivity index (χ4n) is 3.16. The second-order valence-corrected chi connectivity index (χ2v) is 8.24. The molecule has 37 heavy (non-hydrogen) atoms. The second-order valence-electron chi connectivity index (χ2n) is 8.24. The average Bonchev–Trinajstić information content (AvgIpc) is 3.28. The number of hydrogen-bond donors (Lipinski definition) is 2. The first-order chi connectivity index (χ1) is 16.9. The lowest BCUT2D eigenvalue weighted by molar-refractivity contribution is -0.190. The molecule has 0 unspecified atom stereocenters. The Labute approximate surface area is 203 Å². The van der Waals surface area contributed by atoms with Gasteiger partial charge in [-0.15, -0.1) is 5.10 Å². The number of nitrogens with one attached hydrogen (secondary N) is 2. The topological polar surface area (TPSA) is 120 Å². The molecule has 0 bridgehead atoms. The van der Waals surface area contributed by atoms with Gasteiger partial charge in [0.15, 0.2) is 23.4 Å². The Morgan fingerprint density at radius 2 is 1.78 bits per heavy atom. The molecule has 0 saturated heterocycles. The molecule has 3 aromatic heterocycles. The standard InChI is InChI=1S/C20H20F7N7O3/c1-7(2)14-32-34(18(36)33(14)5)15-11(21)6-10(17(29-15)37-9(4)19(22,23)24)16(35)28-12-8(3)30-31-13(12)20(25,26)27/h6-7,9H,1-5H3,(H,28,35)(H,30,31)/t9-/m0/s1. The number of amides is 1. The fraction of sp³-hybridized carbons (Fsp3) is 0.450. The van der Waals surface area contributed by atoms with Crippen LogP contribution in [0, 0.1) is 12.7 Å². The summed E-state index contributed by atoms with van der Waals surface area (Å²) in [7, 11) is 1.33. The van der Waals surface area contributed by atoms with Gasteiger partial charge in [-0.2, -0.15) is 41.1 Å². The Kier molecular flexibility index (Phi) is 7.11. The molecule has 0 aliphatic rings. The number of aromatic amines is 1. The molecule has 2 N–H and O–H groups in total. The van der Waals surface area contributed by atoms with Gasteiger partial charge in [0.05, 0.1) is 11.4 Å². The van der Waals surface area contributed by atoms with Crippen molar-refractivity contribution in [2.75, 3.05) is 5.32 Å². The van der Waals surface area contributed by atoms with Crippen LogP contribution in [-0.4, -0.2) is 47.7 Å². The van der Waals surface area contributed by atoms with Crippen molar-refractivity contribution < 1.29 is 40.3 Å². The van der Waals surface area contributed by atoms with Gasteiger partial charge in [0.25, 0.3) is 5.91 Å². The normalized spacial score (nSPS) is 13.2. The van der Waals surface area contributed by atoms with Gasteiger partial charge < -0.3 is 10.1 Å². The van der Waals surface area contributed by atoms with Crippen LogP contribution >= 0.6 is 0 Å². The number of rotatable bonds is 6. The molecule has 0 radical (unpaired) electrons. The summed E-state index contributed by atoms with van der Waals surface area (Å²) in [5, 5.41) is 10.9. The summed E-state index contributed by atoms with van der Waals surface area (Å²) in [5.74, 6) is -4.97. The Morgan fingerprint density at radius 3 is 2.30 bits per heavy atom. The zero-order valence-corrected chi connectivity index (χ0v) is 19.8. The highest BCUT2D eigenvalue weighted by Gasteiger charge is 2.41. The van der Waals surface area contributed by atoms with E-state index in [1.807, 2.05) is 10.4 Å². The van der Waals surface area contributed by atoms with E-state index in [0.29, 0.717) is 17.7 Å². The number of ether oxygens (including phenoxy) is 1. The highest BCUT2D eigenvalue weighted by molar-refractivity contribution is 6.06. The molecule has 0 aliphatic carbocycles. The number of pyridine rings is 1. The zero-order valence-electron chi connectivity index (χ0n) is 19.8. The quantitative estimate of drug-likeness (QED) is 0.460. The number of nitrogens with zero attached hydrogens (tertiary/aromatic N) is 5. The number of carbonyl (C=O) groups is 1. The van der Waals surface area contributed by atoms with Crippen LogP contribution in [-0.2, 0) is 13.2 Å². The smallest absolute Gasteiger partial charge is 0.437 e. The van der Waals surface area contributed by atoms with Gasteiger partial charge in [-0.1, -0.05) is 13.8 Å². The monoisotopic (exact) mass is 539 g/mol. The van der Waals surface area contributed by atoms with E-state index in [4.69, 9.17) is 4.74 Å². The summed E-state index contributed by atoms with van der Waals surface area (Å²) >= 11 is 0. The minimum atomic E-state index is -5.00. The van der Waals surface area contributed by atoms with Crippen molar-refractivity contribution in [2.45, 2.75) is 52.1 Å². The van der Waals surface area contributed by atoms with E-state index in [-0.39, 0.29) is 17.4 Å². The lowest BCUT2D eigenvalue weighted by atomic mass is 10.2. The summed E-state index contributed by atoms with van der Waals surface area (Å²) in [4.78, 5) is 29.0. The molecule has 0 saturated carbocycles. The van der Waals surface area contributed by atoms with E-state index in [1.54, 1.807) is 13.8 Å². The highest BCUT2D eigenvalue weighted by atomic mass is 19.4. The van der Waals surface area contributed by atoms with Gasteiger partial charge in [0.2, 0.25) is 5.88 Å². The third-order valence-electron chi connectivity index (χ3n) is 5.10.